The first-order valence-corrected chi connectivity index (χ1v) is 27.1. The highest BCUT2D eigenvalue weighted by Crippen LogP contribution is 2.18. The molecule has 0 aliphatic rings. The molecule has 0 radical (unpaired) electrons. The smallest absolute Gasteiger partial charge is 0.306 e. The van der Waals surface area contributed by atoms with Crippen LogP contribution in [0.25, 0.3) is 0 Å². The number of carbonyl (C=O) groups is 2. The van der Waals surface area contributed by atoms with Crippen molar-refractivity contribution in [3.05, 3.63) is 24.3 Å². The first-order chi connectivity index (χ1) is 30.0. The van der Waals surface area contributed by atoms with E-state index in [1.165, 1.54) is 173 Å². The minimum absolute atomic E-state index is 0.0652. The fourth-order valence-electron chi connectivity index (χ4n) is 8.42. The standard InChI is InChI=1S/C55H105NO5/c1-4-7-10-13-16-19-22-24-26-28-29-32-34-37-40-43-46-51(61-55(60)48-45-42-39-36-33-30-27-25-23-20-17-14-11-8-5-2)49-54(59)56-52(50-57)53(58)47-44-41-38-35-31-21-18-15-12-9-6-3/h26,28-29,32,51-53,57-58H,4-25,27,30-31,33-50H2,1-3H3,(H,56,59)/b28-26+,32-29+. The highest BCUT2D eigenvalue weighted by Gasteiger charge is 2.24. The molecule has 0 spiro atoms. The number of aliphatic hydroxyl groups excluding tert-OH is 2. The summed E-state index contributed by atoms with van der Waals surface area (Å²) in [6, 6.07) is -0.705. The van der Waals surface area contributed by atoms with Crippen LogP contribution >= 0.6 is 0 Å². The number of amides is 1. The van der Waals surface area contributed by atoms with Gasteiger partial charge < -0.3 is 20.3 Å². The maximum Gasteiger partial charge on any atom is 0.306 e. The number of carbonyl (C=O) groups excluding carboxylic acids is 2. The highest BCUT2D eigenvalue weighted by molar-refractivity contribution is 5.77. The molecule has 1 amide bonds. The molecule has 0 bridgehead atoms. The van der Waals surface area contributed by atoms with Gasteiger partial charge in [0.05, 0.1) is 25.2 Å². The predicted molar refractivity (Wildman–Crippen MR) is 264 cm³/mol. The van der Waals surface area contributed by atoms with Crippen LogP contribution in [-0.2, 0) is 14.3 Å². The van der Waals surface area contributed by atoms with E-state index in [0.29, 0.717) is 19.3 Å². The molecule has 0 saturated heterocycles. The van der Waals surface area contributed by atoms with Crippen molar-refractivity contribution in [3.63, 3.8) is 0 Å². The van der Waals surface area contributed by atoms with Gasteiger partial charge in [-0.1, -0.05) is 251 Å². The van der Waals surface area contributed by atoms with Crippen LogP contribution < -0.4 is 5.32 Å². The molecule has 0 aromatic heterocycles. The van der Waals surface area contributed by atoms with Crippen LogP contribution in [0, 0.1) is 0 Å². The Morgan fingerprint density at radius 3 is 1.23 bits per heavy atom. The van der Waals surface area contributed by atoms with Gasteiger partial charge in [0.2, 0.25) is 5.91 Å². The van der Waals surface area contributed by atoms with E-state index in [4.69, 9.17) is 4.74 Å². The molecule has 3 unspecified atom stereocenters. The van der Waals surface area contributed by atoms with Crippen LogP contribution in [0.4, 0.5) is 0 Å². The summed E-state index contributed by atoms with van der Waals surface area (Å²) in [4.78, 5) is 26.2. The highest BCUT2D eigenvalue weighted by atomic mass is 16.5. The first kappa shape index (κ1) is 59.3. The van der Waals surface area contributed by atoms with Crippen LogP contribution in [0.15, 0.2) is 24.3 Å². The van der Waals surface area contributed by atoms with Crippen molar-refractivity contribution < 1.29 is 24.5 Å². The number of nitrogens with one attached hydrogen (secondary N) is 1. The maximum atomic E-state index is 13.2. The van der Waals surface area contributed by atoms with Gasteiger partial charge in [0.1, 0.15) is 6.10 Å². The zero-order valence-electron chi connectivity index (χ0n) is 41.1. The van der Waals surface area contributed by atoms with Crippen molar-refractivity contribution in [2.45, 2.75) is 309 Å². The Morgan fingerprint density at radius 1 is 0.475 bits per heavy atom. The number of unbranched alkanes of at least 4 members (excludes halogenated alkanes) is 34. The molecule has 0 aliphatic heterocycles. The minimum Gasteiger partial charge on any atom is -0.462 e. The molecule has 0 aromatic rings. The third-order valence-electron chi connectivity index (χ3n) is 12.6. The van der Waals surface area contributed by atoms with Gasteiger partial charge >= 0.3 is 5.97 Å². The summed E-state index contributed by atoms with van der Waals surface area (Å²) in [7, 11) is 0. The van der Waals surface area contributed by atoms with E-state index in [9.17, 15) is 19.8 Å². The predicted octanol–water partition coefficient (Wildman–Crippen LogP) is 16.3. The fraction of sp³-hybridized carbons (Fsp3) is 0.891. The van der Waals surface area contributed by atoms with Gasteiger partial charge in [-0.3, -0.25) is 9.59 Å². The van der Waals surface area contributed by atoms with Crippen molar-refractivity contribution in [1.29, 1.82) is 0 Å². The van der Waals surface area contributed by atoms with Crippen LogP contribution in [0.3, 0.4) is 0 Å². The molecule has 0 rings (SSSR count). The average Bonchev–Trinajstić information content (AvgIpc) is 3.25. The van der Waals surface area contributed by atoms with Gasteiger partial charge in [-0.2, -0.15) is 0 Å². The van der Waals surface area contributed by atoms with Gasteiger partial charge in [-0.05, 0) is 51.4 Å². The van der Waals surface area contributed by atoms with Crippen molar-refractivity contribution in [2.24, 2.45) is 0 Å². The monoisotopic (exact) mass is 860 g/mol. The topological polar surface area (TPSA) is 95.9 Å². The number of esters is 1. The Bertz CT molecular complexity index is 966. The molecule has 3 atom stereocenters. The molecule has 0 fully saturated rings. The fourth-order valence-corrected chi connectivity index (χ4v) is 8.42. The van der Waals surface area contributed by atoms with Gasteiger partial charge in [0.15, 0.2) is 0 Å². The zero-order chi connectivity index (χ0) is 44.5. The third-order valence-corrected chi connectivity index (χ3v) is 12.6. The Labute approximate surface area is 380 Å². The van der Waals surface area contributed by atoms with Crippen LogP contribution in [0.2, 0.25) is 0 Å². The molecule has 0 heterocycles. The minimum atomic E-state index is -0.790. The summed E-state index contributed by atoms with van der Waals surface area (Å²) in [6.45, 7) is 6.49. The number of ether oxygens (including phenoxy) is 1. The van der Waals surface area contributed by atoms with Crippen molar-refractivity contribution in [1.82, 2.24) is 5.32 Å². The molecule has 3 N–H and O–H groups in total. The molecule has 6 heteroatoms. The summed E-state index contributed by atoms with van der Waals surface area (Å²) >= 11 is 0. The number of hydrogen-bond donors (Lipinski definition) is 3. The van der Waals surface area contributed by atoms with Gasteiger partial charge in [0, 0.05) is 6.42 Å². The molecule has 61 heavy (non-hydrogen) atoms. The lowest BCUT2D eigenvalue weighted by molar-refractivity contribution is -0.151. The number of hydrogen-bond acceptors (Lipinski definition) is 5. The number of rotatable bonds is 49. The van der Waals surface area contributed by atoms with E-state index in [2.05, 4.69) is 50.4 Å². The molecule has 0 saturated carbocycles. The molecule has 360 valence electrons. The van der Waals surface area contributed by atoms with Crippen molar-refractivity contribution in [3.8, 4) is 0 Å². The Hall–Kier alpha value is -1.66. The Kier molecular flexibility index (Phi) is 48.0. The van der Waals surface area contributed by atoms with Gasteiger partial charge in [-0.25, -0.2) is 0 Å². The molecular formula is C55H105NO5. The molecule has 0 aliphatic carbocycles. The second-order valence-electron chi connectivity index (χ2n) is 18.7. The van der Waals surface area contributed by atoms with E-state index in [-0.39, 0.29) is 24.9 Å². The van der Waals surface area contributed by atoms with E-state index in [1.807, 2.05) is 0 Å². The maximum absolute atomic E-state index is 13.2. The normalized spacial score (nSPS) is 13.3. The third kappa shape index (κ3) is 44.7. The van der Waals surface area contributed by atoms with Gasteiger partial charge in [0.25, 0.3) is 0 Å². The summed E-state index contributed by atoms with van der Waals surface area (Å²) in [6.07, 6.45) is 56.7. The van der Waals surface area contributed by atoms with E-state index in [0.717, 1.165) is 70.6 Å². The molecule has 0 aromatic carbocycles. The van der Waals surface area contributed by atoms with Crippen LogP contribution in [0.1, 0.15) is 290 Å². The Balaban J connectivity index is 4.59. The van der Waals surface area contributed by atoms with Crippen LogP contribution in [-0.4, -0.2) is 46.9 Å². The van der Waals surface area contributed by atoms with E-state index >= 15 is 0 Å². The summed E-state index contributed by atoms with van der Waals surface area (Å²) in [5.74, 6) is -0.484. The second-order valence-corrected chi connectivity index (χ2v) is 18.7. The number of aliphatic hydroxyl groups is 2. The number of allylic oxidation sites excluding steroid dienone is 4. The van der Waals surface area contributed by atoms with Crippen LogP contribution in [0.5, 0.6) is 0 Å². The Morgan fingerprint density at radius 2 is 0.820 bits per heavy atom. The largest absolute Gasteiger partial charge is 0.462 e. The second kappa shape index (κ2) is 49.4. The summed E-state index contributed by atoms with van der Waals surface area (Å²) in [5.41, 5.74) is 0. The van der Waals surface area contributed by atoms with Crippen molar-refractivity contribution in [2.75, 3.05) is 6.61 Å². The lowest BCUT2D eigenvalue weighted by Gasteiger charge is -2.24. The lowest BCUT2D eigenvalue weighted by Crippen LogP contribution is -2.46. The van der Waals surface area contributed by atoms with Crippen molar-refractivity contribution >= 4 is 11.9 Å². The average molecular weight is 860 g/mol. The quantitative estimate of drug-likeness (QED) is 0.0322. The summed E-state index contributed by atoms with van der Waals surface area (Å²) in [5, 5.41) is 23.8. The molecular weight excluding hydrogens is 755 g/mol. The first-order valence-electron chi connectivity index (χ1n) is 27.1. The van der Waals surface area contributed by atoms with E-state index < -0.39 is 18.2 Å². The van der Waals surface area contributed by atoms with Gasteiger partial charge in [-0.15, -0.1) is 0 Å². The lowest BCUT2D eigenvalue weighted by atomic mass is 10.0. The zero-order valence-corrected chi connectivity index (χ0v) is 41.1. The summed E-state index contributed by atoms with van der Waals surface area (Å²) < 4.78 is 5.94. The molecule has 6 nitrogen and oxygen atoms in total. The SMILES string of the molecule is CCCCCCCCC/C=C/C=C/CCCCCC(CC(=O)NC(CO)C(O)CCCCCCCCCCCCC)OC(=O)CCCCCCCCCCCCCCCCC. The van der Waals surface area contributed by atoms with E-state index in [1.54, 1.807) is 0 Å².